The van der Waals surface area contributed by atoms with Gasteiger partial charge in [-0.05, 0) is 36.4 Å². The summed E-state index contributed by atoms with van der Waals surface area (Å²) in [5, 5.41) is 11.5. The Morgan fingerprint density at radius 1 is 1.12 bits per heavy atom. The van der Waals surface area contributed by atoms with E-state index in [-0.39, 0.29) is 18.0 Å². The molecule has 0 aliphatic rings. The van der Waals surface area contributed by atoms with E-state index in [4.69, 9.17) is 5.26 Å². The van der Waals surface area contributed by atoms with Gasteiger partial charge in [-0.3, -0.25) is 9.59 Å². The first-order valence-electron chi connectivity index (χ1n) is 7.71. The van der Waals surface area contributed by atoms with Gasteiger partial charge in [0.1, 0.15) is 6.54 Å². The van der Waals surface area contributed by atoms with E-state index in [1.54, 1.807) is 42.5 Å². The summed E-state index contributed by atoms with van der Waals surface area (Å²) >= 11 is 0. The van der Waals surface area contributed by atoms with Crippen LogP contribution < -0.4 is 10.2 Å². The molecule has 0 spiro atoms. The number of para-hydroxylation sites is 1. The van der Waals surface area contributed by atoms with Crippen LogP contribution in [0.2, 0.25) is 0 Å². The van der Waals surface area contributed by atoms with E-state index < -0.39 is 11.9 Å². The second kappa shape index (κ2) is 8.44. The number of nitriles is 1. The zero-order valence-electron chi connectivity index (χ0n) is 14.4. The topological polar surface area (TPSA) is 99.5 Å². The largest absolute Gasteiger partial charge is 0.465 e. The van der Waals surface area contributed by atoms with Crippen LogP contribution in [0.5, 0.6) is 0 Å². The zero-order chi connectivity index (χ0) is 19.1. The first kappa shape index (κ1) is 18.7. The van der Waals surface area contributed by atoms with Crippen molar-refractivity contribution in [1.82, 2.24) is 0 Å². The number of hydrogen-bond donors (Lipinski definition) is 1. The number of methoxy groups -OCH3 is 1. The van der Waals surface area contributed by atoms with Crippen molar-refractivity contribution in [3.05, 3.63) is 59.7 Å². The summed E-state index contributed by atoms with van der Waals surface area (Å²) in [4.78, 5) is 37.3. The van der Waals surface area contributed by atoms with Crippen molar-refractivity contribution >= 4 is 29.2 Å². The fourth-order valence-electron chi connectivity index (χ4n) is 2.31. The molecule has 2 aromatic carbocycles. The van der Waals surface area contributed by atoms with Gasteiger partial charge in [0.05, 0.1) is 30.0 Å². The van der Waals surface area contributed by atoms with Gasteiger partial charge < -0.3 is 15.0 Å². The van der Waals surface area contributed by atoms with Gasteiger partial charge in [0.2, 0.25) is 11.8 Å². The van der Waals surface area contributed by atoms with Crippen molar-refractivity contribution in [2.24, 2.45) is 0 Å². The molecule has 132 valence electrons. The van der Waals surface area contributed by atoms with E-state index in [2.05, 4.69) is 10.1 Å². The van der Waals surface area contributed by atoms with Gasteiger partial charge in [-0.25, -0.2) is 4.79 Å². The molecule has 0 unspecified atom stereocenters. The number of carbonyl (C=O) groups is 3. The van der Waals surface area contributed by atoms with E-state index in [1.165, 1.54) is 25.0 Å². The molecular formula is C19H17N3O4. The molecule has 2 amide bonds. The number of ether oxygens (including phenoxy) is 1. The van der Waals surface area contributed by atoms with Crippen LogP contribution in [-0.4, -0.2) is 31.4 Å². The van der Waals surface area contributed by atoms with Gasteiger partial charge in [0.25, 0.3) is 0 Å². The molecule has 7 heteroatoms. The number of hydrogen-bond acceptors (Lipinski definition) is 5. The lowest BCUT2D eigenvalue weighted by Crippen LogP contribution is -2.36. The van der Waals surface area contributed by atoms with Crippen LogP contribution in [0, 0.1) is 11.3 Å². The summed E-state index contributed by atoms with van der Waals surface area (Å²) in [6, 6.07) is 14.7. The summed E-state index contributed by atoms with van der Waals surface area (Å²) in [5.74, 6) is -1.37. The molecule has 0 heterocycles. The van der Waals surface area contributed by atoms with Crippen LogP contribution >= 0.6 is 0 Å². The van der Waals surface area contributed by atoms with Crippen LogP contribution in [0.25, 0.3) is 0 Å². The Morgan fingerprint density at radius 3 is 2.35 bits per heavy atom. The summed E-state index contributed by atoms with van der Waals surface area (Å²) in [6.45, 7) is 1.10. The highest BCUT2D eigenvalue weighted by Crippen LogP contribution is 2.18. The molecule has 0 atom stereocenters. The first-order chi connectivity index (χ1) is 12.5. The SMILES string of the molecule is COC(=O)c1ccccc1NC(=O)CN(C(C)=O)c1ccc(C#N)cc1. The molecule has 0 aliphatic heterocycles. The van der Waals surface area contributed by atoms with Gasteiger partial charge in [-0.1, -0.05) is 12.1 Å². The number of nitrogens with one attached hydrogen (secondary N) is 1. The van der Waals surface area contributed by atoms with Gasteiger partial charge in [-0.15, -0.1) is 0 Å². The van der Waals surface area contributed by atoms with Crippen LogP contribution in [0.4, 0.5) is 11.4 Å². The number of carbonyl (C=O) groups excluding carboxylic acids is 3. The Balaban J connectivity index is 2.17. The second-order valence-electron chi connectivity index (χ2n) is 5.35. The molecule has 7 nitrogen and oxygen atoms in total. The Morgan fingerprint density at radius 2 is 1.77 bits per heavy atom. The summed E-state index contributed by atoms with van der Waals surface area (Å²) in [7, 11) is 1.25. The highest BCUT2D eigenvalue weighted by Gasteiger charge is 2.18. The third-order valence-corrected chi connectivity index (χ3v) is 3.60. The fourth-order valence-corrected chi connectivity index (χ4v) is 2.31. The van der Waals surface area contributed by atoms with E-state index in [0.29, 0.717) is 16.9 Å². The van der Waals surface area contributed by atoms with Crippen molar-refractivity contribution in [3.63, 3.8) is 0 Å². The van der Waals surface area contributed by atoms with Crippen LogP contribution in [0.1, 0.15) is 22.8 Å². The maximum Gasteiger partial charge on any atom is 0.339 e. The Labute approximate surface area is 150 Å². The first-order valence-corrected chi connectivity index (χ1v) is 7.71. The average molecular weight is 351 g/mol. The normalized spacial score (nSPS) is 9.73. The van der Waals surface area contributed by atoms with Crippen molar-refractivity contribution in [2.45, 2.75) is 6.92 Å². The van der Waals surface area contributed by atoms with E-state index in [0.717, 1.165) is 0 Å². The fraction of sp³-hybridized carbons (Fsp3) is 0.158. The molecule has 26 heavy (non-hydrogen) atoms. The molecule has 0 saturated heterocycles. The van der Waals surface area contributed by atoms with Crippen molar-refractivity contribution in [2.75, 3.05) is 23.9 Å². The predicted octanol–water partition coefficient (Wildman–Crippen LogP) is 2.34. The molecule has 0 saturated carbocycles. The third kappa shape index (κ3) is 4.45. The van der Waals surface area contributed by atoms with E-state index >= 15 is 0 Å². The van der Waals surface area contributed by atoms with Crippen molar-refractivity contribution in [3.8, 4) is 6.07 Å². The Bertz CT molecular complexity index is 869. The minimum Gasteiger partial charge on any atom is -0.465 e. The zero-order valence-corrected chi connectivity index (χ0v) is 14.4. The minimum absolute atomic E-state index is 0.219. The lowest BCUT2D eigenvalue weighted by atomic mass is 10.1. The van der Waals surface area contributed by atoms with Gasteiger partial charge in [0, 0.05) is 12.6 Å². The van der Waals surface area contributed by atoms with E-state index in [1.807, 2.05) is 6.07 Å². The summed E-state index contributed by atoms with van der Waals surface area (Å²) in [6.07, 6.45) is 0. The highest BCUT2D eigenvalue weighted by atomic mass is 16.5. The molecule has 1 N–H and O–H groups in total. The Hall–Kier alpha value is -3.66. The average Bonchev–Trinajstić information content (AvgIpc) is 2.66. The molecule has 0 fully saturated rings. The standard InChI is InChI=1S/C19H17N3O4/c1-13(23)22(15-9-7-14(11-20)8-10-15)12-18(24)21-17-6-4-3-5-16(17)19(25)26-2/h3-10H,12H2,1-2H3,(H,21,24). The van der Waals surface area contributed by atoms with Gasteiger partial charge >= 0.3 is 5.97 Å². The van der Waals surface area contributed by atoms with Crippen LogP contribution in [0.3, 0.4) is 0 Å². The molecular weight excluding hydrogens is 334 g/mol. The highest BCUT2D eigenvalue weighted by molar-refractivity contribution is 6.05. The van der Waals surface area contributed by atoms with Gasteiger partial charge in [-0.2, -0.15) is 5.26 Å². The smallest absolute Gasteiger partial charge is 0.339 e. The number of amides is 2. The number of anilines is 2. The maximum absolute atomic E-state index is 12.4. The Kier molecular flexibility index (Phi) is 6.06. The maximum atomic E-state index is 12.4. The summed E-state index contributed by atoms with van der Waals surface area (Å²) < 4.78 is 4.69. The van der Waals surface area contributed by atoms with Crippen LogP contribution in [0.15, 0.2) is 48.5 Å². The minimum atomic E-state index is -0.573. The van der Waals surface area contributed by atoms with Crippen molar-refractivity contribution < 1.29 is 19.1 Å². The van der Waals surface area contributed by atoms with Crippen LogP contribution in [-0.2, 0) is 14.3 Å². The number of benzene rings is 2. The third-order valence-electron chi connectivity index (χ3n) is 3.60. The molecule has 0 bridgehead atoms. The lowest BCUT2D eigenvalue weighted by Gasteiger charge is -2.21. The quantitative estimate of drug-likeness (QED) is 0.834. The van der Waals surface area contributed by atoms with E-state index in [9.17, 15) is 14.4 Å². The number of nitrogens with zero attached hydrogens (tertiary/aromatic N) is 2. The monoisotopic (exact) mass is 351 g/mol. The lowest BCUT2D eigenvalue weighted by molar-refractivity contribution is -0.120. The van der Waals surface area contributed by atoms with Crippen molar-refractivity contribution in [1.29, 1.82) is 5.26 Å². The molecule has 0 aromatic heterocycles. The molecule has 2 aromatic rings. The molecule has 0 radical (unpaired) electrons. The second-order valence-corrected chi connectivity index (χ2v) is 5.35. The number of esters is 1. The predicted molar refractivity (Wildman–Crippen MR) is 95.6 cm³/mol. The molecule has 0 aliphatic carbocycles. The van der Waals surface area contributed by atoms with Gasteiger partial charge in [0.15, 0.2) is 0 Å². The number of rotatable bonds is 5. The summed E-state index contributed by atoms with van der Waals surface area (Å²) in [5.41, 5.74) is 1.46. The molecule has 2 rings (SSSR count).